The molecular formula is C15H26N2O. The Balaban J connectivity index is 2.35. The summed E-state index contributed by atoms with van der Waals surface area (Å²) < 4.78 is 1.90. The first-order chi connectivity index (χ1) is 8.38. The molecule has 0 aliphatic heterocycles. The number of hydrogen-bond donors (Lipinski definition) is 1. The zero-order valence-corrected chi connectivity index (χ0v) is 12.1. The summed E-state index contributed by atoms with van der Waals surface area (Å²) in [5.41, 5.74) is 0.442. The van der Waals surface area contributed by atoms with E-state index < -0.39 is 5.60 Å². The molecule has 0 spiro atoms. The molecule has 3 nitrogen and oxygen atoms in total. The average molecular weight is 250 g/mol. The summed E-state index contributed by atoms with van der Waals surface area (Å²) in [6.07, 6.45) is 8.19. The summed E-state index contributed by atoms with van der Waals surface area (Å²) in [4.78, 5) is 0. The van der Waals surface area contributed by atoms with E-state index in [0.717, 1.165) is 31.4 Å². The summed E-state index contributed by atoms with van der Waals surface area (Å²) in [7, 11) is 0. The topological polar surface area (TPSA) is 38.0 Å². The fourth-order valence-electron chi connectivity index (χ4n) is 3.41. The van der Waals surface area contributed by atoms with Crippen LogP contribution in [0.3, 0.4) is 0 Å². The van der Waals surface area contributed by atoms with Crippen LogP contribution in [-0.4, -0.2) is 14.9 Å². The quantitative estimate of drug-likeness (QED) is 0.874. The first-order valence-electron chi connectivity index (χ1n) is 7.13. The second-order valence-corrected chi connectivity index (χ2v) is 6.67. The van der Waals surface area contributed by atoms with Crippen LogP contribution in [0.25, 0.3) is 0 Å². The minimum Gasteiger partial charge on any atom is -0.385 e. The van der Waals surface area contributed by atoms with Crippen molar-refractivity contribution in [2.75, 3.05) is 0 Å². The van der Waals surface area contributed by atoms with Crippen LogP contribution in [0.1, 0.15) is 58.9 Å². The van der Waals surface area contributed by atoms with Crippen LogP contribution in [0.15, 0.2) is 12.4 Å². The van der Waals surface area contributed by atoms with Gasteiger partial charge in [0.25, 0.3) is 0 Å². The number of nitrogens with zero attached hydrogens (tertiary/aromatic N) is 2. The van der Waals surface area contributed by atoms with E-state index >= 15 is 0 Å². The third-order valence-electron chi connectivity index (χ3n) is 4.38. The van der Waals surface area contributed by atoms with E-state index in [0.29, 0.717) is 5.92 Å². The normalized spacial score (nSPS) is 29.5. The van der Waals surface area contributed by atoms with Gasteiger partial charge in [-0.3, -0.25) is 4.68 Å². The molecule has 0 saturated heterocycles. The van der Waals surface area contributed by atoms with Crippen molar-refractivity contribution in [3.8, 4) is 0 Å². The summed E-state index contributed by atoms with van der Waals surface area (Å²) >= 11 is 0. The van der Waals surface area contributed by atoms with Crippen LogP contribution in [0.5, 0.6) is 0 Å². The van der Waals surface area contributed by atoms with Crippen LogP contribution in [-0.2, 0) is 12.1 Å². The van der Waals surface area contributed by atoms with Gasteiger partial charge in [-0.25, -0.2) is 0 Å². The zero-order chi connectivity index (χ0) is 13.4. The lowest BCUT2D eigenvalue weighted by Crippen LogP contribution is -2.44. The van der Waals surface area contributed by atoms with Crippen LogP contribution in [0.4, 0.5) is 0 Å². The standard InChI is InChI=1S/C15H26N2O/c1-5-17-11-12(10-16-17)15(18)9-7-6-8-13(15)14(2,3)4/h10-11,13,18H,5-9H2,1-4H3. The molecule has 2 atom stereocenters. The van der Waals surface area contributed by atoms with Gasteiger partial charge in [-0.05, 0) is 31.1 Å². The lowest BCUT2D eigenvalue weighted by Gasteiger charge is -2.46. The predicted molar refractivity (Wildman–Crippen MR) is 73.2 cm³/mol. The maximum absolute atomic E-state index is 11.2. The van der Waals surface area contributed by atoms with Gasteiger partial charge in [0.05, 0.1) is 11.8 Å². The van der Waals surface area contributed by atoms with E-state index in [4.69, 9.17) is 0 Å². The number of hydrogen-bond acceptors (Lipinski definition) is 2. The van der Waals surface area contributed by atoms with Gasteiger partial charge >= 0.3 is 0 Å². The Kier molecular flexibility index (Phi) is 3.54. The number of aromatic nitrogens is 2. The molecule has 0 aromatic carbocycles. The molecule has 18 heavy (non-hydrogen) atoms. The summed E-state index contributed by atoms with van der Waals surface area (Å²) in [6.45, 7) is 9.63. The van der Waals surface area contributed by atoms with Gasteiger partial charge < -0.3 is 5.11 Å². The summed E-state index contributed by atoms with van der Waals surface area (Å²) in [6, 6.07) is 0. The van der Waals surface area contributed by atoms with E-state index in [2.05, 4.69) is 32.8 Å². The van der Waals surface area contributed by atoms with Gasteiger partial charge in [0.1, 0.15) is 0 Å². The largest absolute Gasteiger partial charge is 0.385 e. The van der Waals surface area contributed by atoms with Gasteiger partial charge in [-0.15, -0.1) is 0 Å². The van der Waals surface area contributed by atoms with E-state index in [9.17, 15) is 5.11 Å². The van der Waals surface area contributed by atoms with Gasteiger partial charge in [0.2, 0.25) is 0 Å². The molecule has 1 saturated carbocycles. The highest BCUT2D eigenvalue weighted by Crippen LogP contribution is 2.49. The highest BCUT2D eigenvalue weighted by atomic mass is 16.3. The molecule has 1 aromatic rings. The van der Waals surface area contributed by atoms with Crippen LogP contribution in [0.2, 0.25) is 0 Å². The minimum atomic E-state index is -0.691. The fraction of sp³-hybridized carbons (Fsp3) is 0.800. The van der Waals surface area contributed by atoms with E-state index in [1.807, 2.05) is 17.1 Å². The monoisotopic (exact) mass is 250 g/mol. The molecule has 2 rings (SSSR count). The Morgan fingerprint density at radius 1 is 1.44 bits per heavy atom. The Morgan fingerprint density at radius 3 is 2.72 bits per heavy atom. The third kappa shape index (κ3) is 2.33. The minimum absolute atomic E-state index is 0.128. The molecule has 0 amide bonds. The van der Waals surface area contributed by atoms with E-state index in [1.165, 1.54) is 6.42 Å². The molecule has 102 valence electrons. The summed E-state index contributed by atoms with van der Waals surface area (Å²) in [5.74, 6) is 0.313. The molecule has 0 bridgehead atoms. The molecule has 2 unspecified atom stereocenters. The molecule has 1 N–H and O–H groups in total. The molecular weight excluding hydrogens is 224 g/mol. The number of aryl methyl sites for hydroxylation is 1. The summed E-state index contributed by atoms with van der Waals surface area (Å²) in [5, 5.41) is 15.5. The molecule has 1 aliphatic rings. The van der Waals surface area contributed by atoms with Crippen molar-refractivity contribution in [1.82, 2.24) is 9.78 Å². The van der Waals surface area contributed by atoms with Gasteiger partial charge in [0, 0.05) is 18.3 Å². The predicted octanol–water partition coefficient (Wildman–Crippen LogP) is 3.33. The average Bonchev–Trinajstić information content (AvgIpc) is 2.77. The molecule has 1 aromatic heterocycles. The van der Waals surface area contributed by atoms with Crippen molar-refractivity contribution in [3.63, 3.8) is 0 Å². The van der Waals surface area contributed by atoms with Crippen molar-refractivity contribution in [3.05, 3.63) is 18.0 Å². The lowest BCUT2D eigenvalue weighted by molar-refractivity contribution is -0.0960. The second kappa shape index (κ2) is 4.69. The molecule has 0 radical (unpaired) electrons. The van der Waals surface area contributed by atoms with Gasteiger partial charge in [0.15, 0.2) is 0 Å². The maximum atomic E-state index is 11.2. The molecule has 3 heteroatoms. The van der Waals surface area contributed by atoms with Crippen molar-refractivity contribution < 1.29 is 5.11 Å². The Labute approximate surface area is 110 Å². The number of rotatable bonds is 2. The smallest absolute Gasteiger partial charge is 0.0959 e. The fourth-order valence-corrected chi connectivity index (χ4v) is 3.41. The third-order valence-corrected chi connectivity index (χ3v) is 4.38. The Hall–Kier alpha value is -0.830. The van der Waals surface area contributed by atoms with E-state index in [1.54, 1.807) is 0 Å². The highest BCUT2D eigenvalue weighted by Gasteiger charge is 2.46. The van der Waals surface area contributed by atoms with Crippen LogP contribution in [0, 0.1) is 11.3 Å². The highest BCUT2D eigenvalue weighted by molar-refractivity contribution is 5.19. The number of aliphatic hydroxyl groups is 1. The zero-order valence-electron chi connectivity index (χ0n) is 12.1. The first-order valence-corrected chi connectivity index (χ1v) is 7.13. The van der Waals surface area contributed by atoms with Gasteiger partial charge in [-0.1, -0.05) is 33.6 Å². The van der Waals surface area contributed by atoms with Crippen molar-refractivity contribution >= 4 is 0 Å². The Bertz CT molecular complexity index is 405. The van der Waals surface area contributed by atoms with Crippen molar-refractivity contribution in [2.45, 2.75) is 65.5 Å². The SMILES string of the molecule is CCn1cc(C2(O)CCCCC2C(C)(C)C)cn1. The van der Waals surface area contributed by atoms with Crippen LogP contribution < -0.4 is 0 Å². The lowest BCUT2D eigenvalue weighted by atomic mass is 9.62. The molecule has 1 heterocycles. The van der Waals surface area contributed by atoms with Crippen molar-refractivity contribution in [1.29, 1.82) is 0 Å². The van der Waals surface area contributed by atoms with Crippen molar-refractivity contribution in [2.24, 2.45) is 11.3 Å². The Morgan fingerprint density at radius 2 is 2.17 bits per heavy atom. The molecule has 1 aliphatic carbocycles. The van der Waals surface area contributed by atoms with E-state index in [-0.39, 0.29) is 5.41 Å². The maximum Gasteiger partial charge on any atom is 0.0959 e. The molecule has 1 fully saturated rings. The van der Waals surface area contributed by atoms with Gasteiger partial charge in [-0.2, -0.15) is 5.10 Å². The van der Waals surface area contributed by atoms with Crippen LogP contribution >= 0.6 is 0 Å². The second-order valence-electron chi connectivity index (χ2n) is 6.67. The first kappa shape index (κ1) is 13.6.